The summed E-state index contributed by atoms with van der Waals surface area (Å²) in [5, 5.41) is 17.4. The van der Waals surface area contributed by atoms with Gasteiger partial charge >= 0.3 is 7.12 Å². The summed E-state index contributed by atoms with van der Waals surface area (Å²) in [7, 11) is 0.598. The van der Waals surface area contributed by atoms with Crippen molar-refractivity contribution < 1.29 is 10.0 Å². The Morgan fingerprint density at radius 2 is 1.85 bits per heavy atom. The van der Waals surface area contributed by atoms with E-state index in [1.165, 1.54) is 5.56 Å². The average molecular weight is 179 g/mol. The zero-order valence-electron chi connectivity index (χ0n) is 7.72. The highest BCUT2D eigenvalue weighted by atomic mass is 16.4. The maximum Gasteiger partial charge on any atom is 0.466 e. The van der Waals surface area contributed by atoms with Crippen molar-refractivity contribution in [3.8, 4) is 0 Å². The molecule has 0 heterocycles. The maximum absolute atomic E-state index is 8.71. The summed E-state index contributed by atoms with van der Waals surface area (Å²) < 4.78 is 0. The summed E-state index contributed by atoms with van der Waals surface area (Å²) >= 11 is 0. The van der Waals surface area contributed by atoms with Crippen LogP contribution in [0.25, 0.3) is 0 Å². The first kappa shape index (κ1) is 10.2. The van der Waals surface area contributed by atoms with Gasteiger partial charge in [0.05, 0.1) is 0 Å². The van der Waals surface area contributed by atoms with E-state index in [2.05, 4.69) is 0 Å². The van der Waals surface area contributed by atoms with Crippen molar-refractivity contribution in [2.75, 3.05) is 13.5 Å². The van der Waals surface area contributed by atoms with Crippen LogP contribution in [0.5, 0.6) is 0 Å². The molecule has 70 valence electrons. The summed E-state index contributed by atoms with van der Waals surface area (Å²) in [4.78, 5) is 1.86. The smallest absolute Gasteiger partial charge is 0.426 e. The lowest BCUT2D eigenvalue weighted by Gasteiger charge is -2.15. The highest BCUT2D eigenvalue weighted by molar-refractivity contribution is 6.41. The van der Waals surface area contributed by atoms with E-state index in [1.807, 2.05) is 42.3 Å². The lowest BCUT2D eigenvalue weighted by Crippen LogP contribution is -2.32. The Morgan fingerprint density at radius 1 is 1.23 bits per heavy atom. The van der Waals surface area contributed by atoms with Gasteiger partial charge in [0.1, 0.15) is 0 Å². The van der Waals surface area contributed by atoms with Gasteiger partial charge in [0, 0.05) is 13.0 Å². The van der Waals surface area contributed by atoms with E-state index in [-0.39, 0.29) is 6.44 Å². The zero-order valence-corrected chi connectivity index (χ0v) is 7.72. The van der Waals surface area contributed by atoms with Crippen LogP contribution < -0.4 is 0 Å². The largest absolute Gasteiger partial charge is 0.466 e. The lowest BCUT2D eigenvalue weighted by atomic mass is 9.91. The number of rotatable bonds is 4. The minimum atomic E-state index is -1.26. The minimum Gasteiger partial charge on any atom is -0.426 e. The molecule has 1 rings (SSSR count). The van der Waals surface area contributed by atoms with Crippen LogP contribution in [-0.2, 0) is 6.54 Å². The van der Waals surface area contributed by atoms with Gasteiger partial charge in [0.15, 0.2) is 0 Å². The fourth-order valence-electron chi connectivity index (χ4n) is 1.24. The van der Waals surface area contributed by atoms with Crippen LogP contribution in [-0.4, -0.2) is 35.6 Å². The molecule has 0 aliphatic rings. The van der Waals surface area contributed by atoms with E-state index < -0.39 is 7.12 Å². The van der Waals surface area contributed by atoms with Gasteiger partial charge in [-0.25, -0.2) is 0 Å². The Labute approximate surface area is 78.8 Å². The van der Waals surface area contributed by atoms with E-state index in [4.69, 9.17) is 10.0 Å². The second kappa shape index (κ2) is 5.02. The fourth-order valence-corrected chi connectivity index (χ4v) is 1.24. The Kier molecular flexibility index (Phi) is 3.95. The molecule has 0 bridgehead atoms. The SMILES string of the molecule is CN(CB(O)O)Cc1ccccc1. The van der Waals surface area contributed by atoms with Crippen molar-refractivity contribution in [2.24, 2.45) is 0 Å². The Bertz CT molecular complexity index is 241. The summed E-state index contributed by atoms with van der Waals surface area (Å²) in [6.07, 6.45) is 0.273. The van der Waals surface area contributed by atoms with Gasteiger partial charge < -0.3 is 14.9 Å². The van der Waals surface area contributed by atoms with E-state index in [9.17, 15) is 0 Å². The van der Waals surface area contributed by atoms with E-state index in [0.29, 0.717) is 0 Å². The molecule has 0 spiro atoms. The highest BCUT2D eigenvalue weighted by Gasteiger charge is 2.10. The molecule has 0 saturated heterocycles. The van der Waals surface area contributed by atoms with E-state index in [0.717, 1.165) is 6.54 Å². The second-order valence-electron chi connectivity index (χ2n) is 3.16. The molecule has 13 heavy (non-hydrogen) atoms. The average Bonchev–Trinajstić information content (AvgIpc) is 2.04. The van der Waals surface area contributed by atoms with Gasteiger partial charge in [-0.3, -0.25) is 0 Å². The van der Waals surface area contributed by atoms with Crippen LogP contribution in [0.4, 0.5) is 0 Å². The van der Waals surface area contributed by atoms with Crippen molar-refractivity contribution >= 4 is 7.12 Å². The maximum atomic E-state index is 8.71. The predicted octanol–water partition coefficient (Wildman–Crippen LogP) is 0.130. The number of nitrogens with zero attached hydrogens (tertiary/aromatic N) is 1. The van der Waals surface area contributed by atoms with Crippen LogP contribution in [0.15, 0.2) is 30.3 Å². The standard InChI is InChI=1S/C9H14BNO2/c1-11(8-10(12)13)7-9-5-3-2-4-6-9/h2-6,12-13H,7-8H2,1H3. The third-order valence-corrected chi connectivity index (χ3v) is 1.77. The Morgan fingerprint density at radius 3 is 2.38 bits per heavy atom. The lowest BCUT2D eigenvalue weighted by molar-refractivity contribution is 0.315. The normalized spacial score (nSPS) is 10.5. The topological polar surface area (TPSA) is 43.7 Å². The molecule has 3 nitrogen and oxygen atoms in total. The molecule has 0 saturated carbocycles. The van der Waals surface area contributed by atoms with Crippen molar-refractivity contribution in [1.29, 1.82) is 0 Å². The molecule has 0 unspecified atom stereocenters. The third-order valence-electron chi connectivity index (χ3n) is 1.77. The van der Waals surface area contributed by atoms with Crippen molar-refractivity contribution in [1.82, 2.24) is 4.90 Å². The van der Waals surface area contributed by atoms with Gasteiger partial charge in [-0.2, -0.15) is 0 Å². The molecular formula is C9H14BNO2. The van der Waals surface area contributed by atoms with Crippen molar-refractivity contribution in [3.63, 3.8) is 0 Å². The van der Waals surface area contributed by atoms with Crippen molar-refractivity contribution in [3.05, 3.63) is 35.9 Å². The van der Waals surface area contributed by atoms with Crippen LogP contribution in [0, 0.1) is 0 Å². The Balaban J connectivity index is 2.41. The number of hydrogen-bond acceptors (Lipinski definition) is 3. The van der Waals surface area contributed by atoms with Gasteiger partial charge in [-0.15, -0.1) is 0 Å². The molecule has 4 heteroatoms. The van der Waals surface area contributed by atoms with E-state index >= 15 is 0 Å². The molecule has 0 amide bonds. The zero-order chi connectivity index (χ0) is 9.68. The molecule has 0 fully saturated rings. The minimum absolute atomic E-state index is 0.273. The summed E-state index contributed by atoms with van der Waals surface area (Å²) in [6, 6.07) is 9.93. The quantitative estimate of drug-likeness (QED) is 0.645. The first-order chi connectivity index (χ1) is 6.18. The highest BCUT2D eigenvalue weighted by Crippen LogP contribution is 2.01. The first-order valence-corrected chi connectivity index (χ1v) is 4.27. The molecule has 2 N–H and O–H groups in total. The Hall–Kier alpha value is -0.835. The fraction of sp³-hybridized carbons (Fsp3) is 0.333. The van der Waals surface area contributed by atoms with Gasteiger partial charge in [0.25, 0.3) is 0 Å². The third kappa shape index (κ3) is 4.08. The van der Waals surface area contributed by atoms with Gasteiger partial charge in [0.2, 0.25) is 0 Å². The summed E-state index contributed by atoms with van der Waals surface area (Å²) in [6.45, 7) is 0.735. The van der Waals surface area contributed by atoms with Crippen LogP contribution in [0.1, 0.15) is 5.56 Å². The second-order valence-corrected chi connectivity index (χ2v) is 3.16. The monoisotopic (exact) mass is 179 g/mol. The molecule has 1 aromatic rings. The predicted molar refractivity (Wildman–Crippen MR) is 53.0 cm³/mol. The molecule has 0 aromatic heterocycles. The van der Waals surface area contributed by atoms with Crippen molar-refractivity contribution in [2.45, 2.75) is 6.54 Å². The first-order valence-electron chi connectivity index (χ1n) is 4.27. The molecule has 0 atom stereocenters. The van der Waals surface area contributed by atoms with Crippen LogP contribution >= 0.6 is 0 Å². The number of hydrogen-bond donors (Lipinski definition) is 2. The van der Waals surface area contributed by atoms with E-state index in [1.54, 1.807) is 0 Å². The summed E-state index contributed by atoms with van der Waals surface area (Å²) in [5.74, 6) is 0. The molecular weight excluding hydrogens is 165 g/mol. The summed E-state index contributed by atoms with van der Waals surface area (Å²) in [5.41, 5.74) is 1.17. The molecule has 1 aromatic carbocycles. The number of benzene rings is 1. The molecule has 0 aliphatic heterocycles. The van der Waals surface area contributed by atoms with Crippen LogP contribution in [0.2, 0.25) is 0 Å². The van der Waals surface area contributed by atoms with Gasteiger partial charge in [-0.1, -0.05) is 30.3 Å². The molecule has 0 aliphatic carbocycles. The van der Waals surface area contributed by atoms with Gasteiger partial charge in [-0.05, 0) is 12.6 Å². The molecule has 0 radical (unpaired) electrons. The van der Waals surface area contributed by atoms with Crippen LogP contribution in [0.3, 0.4) is 0 Å².